The molecule has 1 heterocycles. The van der Waals surface area contributed by atoms with Gasteiger partial charge in [0.2, 0.25) is 0 Å². The van der Waals surface area contributed by atoms with Gasteiger partial charge < -0.3 is 9.47 Å². The van der Waals surface area contributed by atoms with Crippen molar-refractivity contribution in [2.75, 3.05) is 24.7 Å². The second-order valence-corrected chi connectivity index (χ2v) is 4.38. The van der Waals surface area contributed by atoms with E-state index in [1.54, 1.807) is 0 Å². The minimum atomic E-state index is -4.46. The van der Waals surface area contributed by atoms with E-state index in [1.165, 1.54) is 12.1 Å². The quantitative estimate of drug-likeness (QED) is 0.634. The molecule has 0 aliphatic carbocycles. The highest BCUT2D eigenvalue weighted by Crippen LogP contribution is 2.32. The second-order valence-electron chi connectivity index (χ2n) is 4.38. The van der Waals surface area contributed by atoms with Gasteiger partial charge in [0.1, 0.15) is 12.7 Å². The zero-order chi connectivity index (χ0) is 15.5. The normalized spacial score (nSPS) is 18.5. The Labute approximate surface area is 119 Å². The number of halogens is 3. The van der Waals surface area contributed by atoms with Crippen molar-refractivity contribution in [3.63, 3.8) is 0 Å². The first-order chi connectivity index (χ1) is 9.91. The zero-order valence-corrected chi connectivity index (χ0v) is 10.9. The number of carbonyl (C=O) groups is 1. The van der Waals surface area contributed by atoms with Crippen molar-refractivity contribution < 1.29 is 27.4 Å². The number of cyclic esters (lactones) is 1. The van der Waals surface area contributed by atoms with Crippen molar-refractivity contribution in [2.45, 2.75) is 12.3 Å². The molecule has 1 saturated heterocycles. The van der Waals surface area contributed by atoms with E-state index in [2.05, 4.69) is 5.92 Å². The molecule has 1 aliphatic heterocycles. The summed E-state index contributed by atoms with van der Waals surface area (Å²) in [7, 11) is 0. The lowest BCUT2D eigenvalue weighted by molar-refractivity contribution is -0.137. The Morgan fingerprint density at radius 2 is 2.24 bits per heavy atom. The van der Waals surface area contributed by atoms with Crippen LogP contribution in [0.15, 0.2) is 24.3 Å². The summed E-state index contributed by atoms with van der Waals surface area (Å²) in [6, 6.07) is 4.51. The number of hydrogen-bond donors (Lipinski definition) is 0. The van der Waals surface area contributed by atoms with Gasteiger partial charge in [0.05, 0.1) is 18.7 Å². The van der Waals surface area contributed by atoms with E-state index >= 15 is 0 Å². The molecule has 1 aromatic rings. The van der Waals surface area contributed by atoms with Crippen LogP contribution in [0.3, 0.4) is 0 Å². The molecule has 0 saturated carbocycles. The number of amides is 1. The van der Waals surface area contributed by atoms with E-state index in [1.807, 2.05) is 0 Å². The van der Waals surface area contributed by atoms with Crippen LogP contribution in [0.25, 0.3) is 0 Å². The molecule has 0 bridgehead atoms. The third-order valence-electron chi connectivity index (χ3n) is 2.85. The fourth-order valence-corrected chi connectivity index (χ4v) is 1.92. The van der Waals surface area contributed by atoms with Crippen LogP contribution in [0.4, 0.5) is 23.7 Å². The van der Waals surface area contributed by atoms with Crippen molar-refractivity contribution in [1.82, 2.24) is 0 Å². The van der Waals surface area contributed by atoms with Gasteiger partial charge in [-0.05, 0) is 18.2 Å². The molecule has 21 heavy (non-hydrogen) atoms. The maximum atomic E-state index is 12.7. The molecule has 1 aromatic carbocycles. The second kappa shape index (κ2) is 6.06. The third kappa shape index (κ3) is 3.67. The van der Waals surface area contributed by atoms with Crippen molar-refractivity contribution in [3.8, 4) is 12.3 Å². The fourth-order valence-electron chi connectivity index (χ4n) is 1.92. The number of hydrogen-bond acceptors (Lipinski definition) is 3. The highest BCUT2D eigenvalue weighted by atomic mass is 19.4. The van der Waals surface area contributed by atoms with Crippen molar-refractivity contribution in [1.29, 1.82) is 0 Å². The standard InChI is InChI=1S/C14H12F3NO3/c1-2-6-20-9-12-8-18(13(19)21-12)11-5-3-4-10(7-11)14(15,16)17/h1,3-5,7,12H,6,8-9H2. The summed E-state index contributed by atoms with van der Waals surface area (Å²) < 4.78 is 48.1. The number of benzene rings is 1. The predicted octanol–water partition coefficient (Wildman–Crippen LogP) is 2.68. The van der Waals surface area contributed by atoms with Crippen LogP contribution in [0.5, 0.6) is 0 Å². The molecular formula is C14H12F3NO3. The van der Waals surface area contributed by atoms with E-state index in [0.29, 0.717) is 0 Å². The number of alkyl halides is 3. The summed E-state index contributed by atoms with van der Waals surface area (Å²) in [4.78, 5) is 12.8. The van der Waals surface area contributed by atoms with Crippen LogP contribution in [-0.2, 0) is 15.7 Å². The average molecular weight is 299 g/mol. The minimum Gasteiger partial charge on any atom is -0.441 e. The lowest BCUT2D eigenvalue weighted by atomic mass is 10.2. The molecule has 0 N–H and O–H groups in total. The molecule has 1 amide bonds. The Balaban J connectivity index is 2.09. The number of carbonyl (C=O) groups excluding carboxylic acids is 1. The van der Waals surface area contributed by atoms with Gasteiger partial charge in [-0.25, -0.2) is 4.79 Å². The van der Waals surface area contributed by atoms with Crippen LogP contribution < -0.4 is 4.90 Å². The van der Waals surface area contributed by atoms with Gasteiger partial charge in [-0.15, -0.1) is 6.42 Å². The molecule has 0 spiro atoms. The molecule has 1 unspecified atom stereocenters. The maximum absolute atomic E-state index is 12.7. The largest absolute Gasteiger partial charge is 0.441 e. The smallest absolute Gasteiger partial charge is 0.416 e. The van der Waals surface area contributed by atoms with Crippen molar-refractivity contribution in [2.24, 2.45) is 0 Å². The Morgan fingerprint density at radius 3 is 2.90 bits per heavy atom. The van der Waals surface area contributed by atoms with Crippen LogP contribution in [0.2, 0.25) is 0 Å². The van der Waals surface area contributed by atoms with Gasteiger partial charge in [0, 0.05) is 5.69 Å². The molecule has 1 aliphatic rings. The lowest BCUT2D eigenvalue weighted by Crippen LogP contribution is -2.26. The van der Waals surface area contributed by atoms with Crippen LogP contribution in [-0.4, -0.2) is 32.0 Å². The zero-order valence-electron chi connectivity index (χ0n) is 10.9. The van der Waals surface area contributed by atoms with Crippen molar-refractivity contribution >= 4 is 11.8 Å². The molecule has 4 nitrogen and oxygen atoms in total. The van der Waals surface area contributed by atoms with Crippen LogP contribution >= 0.6 is 0 Å². The summed E-state index contributed by atoms with van der Waals surface area (Å²) in [6.45, 7) is 0.299. The number of ether oxygens (including phenoxy) is 2. The summed E-state index contributed by atoms with van der Waals surface area (Å²) in [6.07, 6.45) is -0.707. The number of terminal acetylenes is 1. The predicted molar refractivity (Wildman–Crippen MR) is 68.7 cm³/mol. The maximum Gasteiger partial charge on any atom is 0.416 e. The van der Waals surface area contributed by atoms with Gasteiger partial charge >= 0.3 is 12.3 Å². The van der Waals surface area contributed by atoms with Gasteiger partial charge in [-0.3, -0.25) is 4.90 Å². The van der Waals surface area contributed by atoms with Crippen LogP contribution in [0.1, 0.15) is 5.56 Å². The molecular weight excluding hydrogens is 287 g/mol. The van der Waals surface area contributed by atoms with E-state index in [-0.39, 0.29) is 25.4 Å². The third-order valence-corrected chi connectivity index (χ3v) is 2.85. The van der Waals surface area contributed by atoms with E-state index < -0.39 is 23.9 Å². The first-order valence-corrected chi connectivity index (χ1v) is 6.08. The first-order valence-electron chi connectivity index (χ1n) is 6.08. The molecule has 0 aromatic heterocycles. The topological polar surface area (TPSA) is 38.8 Å². The summed E-state index contributed by atoms with van der Waals surface area (Å²) >= 11 is 0. The Kier molecular flexibility index (Phi) is 4.38. The first kappa shape index (κ1) is 15.2. The van der Waals surface area contributed by atoms with Crippen molar-refractivity contribution in [3.05, 3.63) is 29.8 Å². The average Bonchev–Trinajstić information content (AvgIpc) is 2.79. The SMILES string of the molecule is C#CCOCC1CN(c2cccc(C(F)(F)F)c2)C(=O)O1. The summed E-state index contributed by atoms with van der Waals surface area (Å²) in [5, 5.41) is 0. The summed E-state index contributed by atoms with van der Waals surface area (Å²) in [5.74, 6) is 2.27. The van der Waals surface area contributed by atoms with Gasteiger partial charge in [-0.2, -0.15) is 13.2 Å². The molecule has 7 heteroatoms. The monoisotopic (exact) mass is 299 g/mol. The van der Waals surface area contributed by atoms with E-state index in [9.17, 15) is 18.0 Å². The molecule has 0 radical (unpaired) electrons. The van der Waals surface area contributed by atoms with Gasteiger partial charge in [-0.1, -0.05) is 12.0 Å². The van der Waals surface area contributed by atoms with E-state index in [0.717, 1.165) is 17.0 Å². The Hall–Kier alpha value is -2.20. The number of rotatable bonds is 4. The highest BCUT2D eigenvalue weighted by Gasteiger charge is 2.35. The highest BCUT2D eigenvalue weighted by molar-refractivity contribution is 5.89. The number of anilines is 1. The van der Waals surface area contributed by atoms with E-state index in [4.69, 9.17) is 15.9 Å². The lowest BCUT2D eigenvalue weighted by Gasteiger charge is -2.15. The van der Waals surface area contributed by atoms with Gasteiger partial charge in [0.15, 0.2) is 0 Å². The van der Waals surface area contributed by atoms with Crippen LogP contribution in [0, 0.1) is 12.3 Å². The Morgan fingerprint density at radius 1 is 1.48 bits per heavy atom. The molecule has 2 rings (SSSR count). The Bertz CT molecular complexity index is 565. The van der Waals surface area contributed by atoms with Gasteiger partial charge in [0.25, 0.3) is 0 Å². The fraction of sp³-hybridized carbons (Fsp3) is 0.357. The molecule has 1 fully saturated rings. The summed E-state index contributed by atoms with van der Waals surface area (Å²) in [5.41, 5.74) is -0.686. The molecule has 1 atom stereocenters. The minimum absolute atomic E-state index is 0.0810. The molecule has 112 valence electrons. The number of nitrogens with zero attached hydrogens (tertiary/aromatic N) is 1.